The molecule has 1 heterocycles. The summed E-state index contributed by atoms with van der Waals surface area (Å²) in [6.07, 6.45) is 2.30. The van der Waals surface area contributed by atoms with Gasteiger partial charge in [-0.25, -0.2) is 9.78 Å². The Morgan fingerprint density at radius 2 is 1.95 bits per heavy atom. The van der Waals surface area contributed by atoms with Crippen LogP contribution < -0.4 is 0 Å². The zero-order chi connectivity index (χ0) is 13.8. The van der Waals surface area contributed by atoms with Crippen molar-refractivity contribution in [3.05, 3.63) is 51.0 Å². The van der Waals surface area contributed by atoms with Gasteiger partial charge in [-0.2, -0.15) is 0 Å². The first-order valence-electron chi connectivity index (χ1n) is 6.37. The van der Waals surface area contributed by atoms with Gasteiger partial charge in [0.1, 0.15) is 4.88 Å². The molecule has 2 aromatic rings. The summed E-state index contributed by atoms with van der Waals surface area (Å²) in [6, 6.07) is 8.32. The molecule has 0 aliphatic carbocycles. The Hall–Kier alpha value is -1.68. The lowest BCUT2D eigenvalue weighted by molar-refractivity contribution is 0.0700. The summed E-state index contributed by atoms with van der Waals surface area (Å²) in [7, 11) is 0. The van der Waals surface area contributed by atoms with Crippen molar-refractivity contribution in [1.82, 2.24) is 4.98 Å². The van der Waals surface area contributed by atoms with Crippen molar-refractivity contribution in [2.45, 2.75) is 33.1 Å². The molecule has 0 spiro atoms. The van der Waals surface area contributed by atoms with E-state index in [2.05, 4.69) is 36.2 Å². The molecule has 100 valence electrons. The number of hydrogen-bond donors (Lipinski definition) is 1. The van der Waals surface area contributed by atoms with Gasteiger partial charge < -0.3 is 5.11 Å². The van der Waals surface area contributed by atoms with Gasteiger partial charge in [0.25, 0.3) is 0 Å². The normalized spacial score (nSPS) is 10.6. The van der Waals surface area contributed by atoms with E-state index in [0.717, 1.165) is 23.5 Å². The van der Waals surface area contributed by atoms with Crippen LogP contribution in [0.15, 0.2) is 24.3 Å². The van der Waals surface area contributed by atoms with E-state index in [1.165, 1.54) is 22.5 Å². The van der Waals surface area contributed by atoms with Crippen LogP contribution in [0, 0.1) is 6.92 Å². The van der Waals surface area contributed by atoms with E-state index in [4.69, 9.17) is 0 Å². The number of aromatic nitrogens is 1. The molecule has 0 fully saturated rings. The van der Waals surface area contributed by atoms with Crippen molar-refractivity contribution in [3.8, 4) is 0 Å². The summed E-state index contributed by atoms with van der Waals surface area (Å²) in [5, 5.41) is 10.1. The zero-order valence-corrected chi connectivity index (χ0v) is 12.0. The molecule has 0 aliphatic rings. The maximum atomic E-state index is 11.2. The van der Waals surface area contributed by atoms with Crippen molar-refractivity contribution in [1.29, 1.82) is 0 Å². The molecule has 19 heavy (non-hydrogen) atoms. The lowest BCUT2D eigenvalue weighted by Gasteiger charge is -2.01. The predicted octanol–water partition coefficient (Wildman–Crippen LogP) is 3.50. The van der Waals surface area contributed by atoms with E-state index < -0.39 is 5.97 Å². The fraction of sp³-hybridized carbons (Fsp3) is 0.333. The molecule has 0 radical (unpaired) electrons. The quantitative estimate of drug-likeness (QED) is 0.908. The van der Waals surface area contributed by atoms with Crippen LogP contribution in [-0.4, -0.2) is 16.1 Å². The van der Waals surface area contributed by atoms with Gasteiger partial charge in [0, 0.05) is 0 Å². The second-order valence-electron chi connectivity index (χ2n) is 4.53. The largest absolute Gasteiger partial charge is 0.477 e. The molecule has 2 rings (SSSR count). The first-order chi connectivity index (χ1) is 9.10. The molecule has 0 saturated heterocycles. The van der Waals surface area contributed by atoms with Gasteiger partial charge in [-0.3, -0.25) is 0 Å². The second kappa shape index (κ2) is 5.97. The van der Waals surface area contributed by atoms with E-state index in [-0.39, 0.29) is 0 Å². The number of benzene rings is 1. The van der Waals surface area contributed by atoms with Gasteiger partial charge in [0.2, 0.25) is 0 Å². The highest BCUT2D eigenvalue weighted by Crippen LogP contribution is 2.21. The summed E-state index contributed by atoms with van der Waals surface area (Å²) >= 11 is 1.29. The molecule has 0 aliphatic heterocycles. The van der Waals surface area contributed by atoms with Crippen LogP contribution in [0.2, 0.25) is 0 Å². The predicted molar refractivity (Wildman–Crippen MR) is 77.0 cm³/mol. The fourth-order valence-corrected chi connectivity index (χ4v) is 2.79. The number of carboxylic acid groups (broad SMARTS) is 1. The SMILES string of the molecule is CCc1nc(CCc2ccc(C)cc2)c(C(=O)O)s1. The summed E-state index contributed by atoms with van der Waals surface area (Å²) in [5.41, 5.74) is 3.17. The van der Waals surface area contributed by atoms with E-state index >= 15 is 0 Å². The number of carbonyl (C=O) groups is 1. The molecule has 3 nitrogen and oxygen atoms in total. The zero-order valence-electron chi connectivity index (χ0n) is 11.1. The Bertz CT molecular complexity index is 572. The average Bonchev–Trinajstić information content (AvgIpc) is 2.81. The minimum atomic E-state index is -0.865. The number of hydrogen-bond acceptors (Lipinski definition) is 3. The third-order valence-electron chi connectivity index (χ3n) is 3.01. The Labute approximate surface area is 116 Å². The third kappa shape index (κ3) is 3.41. The highest BCUT2D eigenvalue weighted by molar-refractivity contribution is 7.13. The van der Waals surface area contributed by atoms with Crippen LogP contribution in [0.3, 0.4) is 0 Å². The van der Waals surface area contributed by atoms with E-state index in [1.807, 2.05) is 6.92 Å². The Morgan fingerprint density at radius 1 is 1.26 bits per heavy atom. The monoisotopic (exact) mass is 275 g/mol. The van der Waals surface area contributed by atoms with Crippen LogP contribution in [-0.2, 0) is 19.3 Å². The minimum Gasteiger partial charge on any atom is -0.477 e. The van der Waals surface area contributed by atoms with Crippen LogP contribution in [0.4, 0.5) is 0 Å². The number of aromatic carboxylic acids is 1. The van der Waals surface area contributed by atoms with Crippen molar-refractivity contribution in [2.75, 3.05) is 0 Å². The Kier molecular flexibility index (Phi) is 4.32. The molecule has 0 unspecified atom stereocenters. The molecule has 0 saturated carbocycles. The summed E-state index contributed by atoms with van der Waals surface area (Å²) in [5.74, 6) is -0.865. The number of thiazole rings is 1. The molecule has 1 aromatic heterocycles. The average molecular weight is 275 g/mol. The van der Waals surface area contributed by atoms with Crippen LogP contribution in [0.1, 0.15) is 38.4 Å². The molecule has 4 heteroatoms. The summed E-state index contributed by atoms with van der Waals surface area (Å²) in [4.78, 5) is 16.0. The van der Waals surface area contributed by atoms with Gasteiger partial charge >= 0.3 is 5.97 Å². The highest BCUT2D eigenvalue weighted by Gasteiger charge is 2.16. The lowest BCUT2D eigenvalue weighted by atomic mass is 10.1. The highest BCUT2D eigenvalue weighted by atomic mass is 32.1. The summed E-state index contributed by atoms with van der Waals surface area (Å²) in [6.45, 7) is 4.05. The van der Waals surface area contributed by atoms with Gasteiger partial charge in [-0.1, -0.05) is 36.8 Å². The maximum Gasteiger partial charge on any atom is 0.347 e. The number of carboxylic acids is 1. The standard InChI is InChI=1S/C15H17NO2S/c1-3-13-16-12(14(19-13)15(17)18)9-8-11-6-4-10(2)5-7-11/h4-7H,3,8-9H2,1-2H3,(H,17,18). The Balaban J connectivity index is 2.12. The first kappa shape index (κ1) is 13.7. The number of nitrogens with zero attached hydrogens (tertiary/aromatic N) is 1. The van der Waals surface area contributed by atoms with E-state index in [1.54, 1.807) is 0 Å². The smallest absolute Gasteiger partial charge is 0.347 e. The van der Waals surface area contributed by atoms with Gasteiger partial charge in [-0.15, -0.1) is 11.3 Å². The Morgan fingerprint density at radius 3 is 2.53 bits per heavy atom. The van der Waals surface area contributed by atoms with Crippen LogP contribution >= 0.6 is 11.3 Å². The number of rotatable bonds is 5. The van der Waals surface area contributed by atoms with E-state index in [9.17, 15) is 9.90 Å². The third-order valence-corrected chi connectivity index (χ3v) is 4.24. The van der Waals surface area contributed by atoms with Gasteiger partial charge in [0.05, 0.1) is 10.7 Å². The molecular formula is C15H17NO2S. The summed E-state index contributed by atoms with van der Waals surface area (Å²) < 4.78 is 0. The molecule has 0 atom stereocenters. The second-order valence-corrected chi connectivity index (χ2v) is 5.61. The molecule has 0 amide bonds. The molecular weight excluding hydrogens is 258 g/mol. The minimum absolute atomic E-state index is 0.393. The molecule has 0 bridgehead atoms. The molecule has 1 aromatic carbocycles. The van der Waals surface area contributed by atoms with Crippen molar-refractivity contribution < 1.29 is 9.90 Å². The fourth-order valence-electron chi connectivity index (χ4n) is 1.91. The van der Waals surface area contributed by atoms with Crippen LogP contribution in [0.5, 0.6) is 0 Å². The lowest BCUT2D eigenvalue weighted by Crippen LogP contribution is -2.01. The van der Waals surface area contributed by atoms with Crippen LogP contribution in [0.25, 0.3) is 0 Å². The van der Waals surface area contributed by atoms with Crippen molar-refractivity contribution >= 4 is 17.3 Å². The first-order valence-corrected chi connectivity index (χ1v) is 7.19. The van der Waals surface area contributed by atoms with Gasteiger partial charge in [0.15, 0.2) is 0 Å². The molecule has 1 N–H and O–H groups in total. The topological polar surface area (TPSA) is 50.2 Å². The van der Waals surface area contributed by atoms with Crippen molar-refractivity contribution in [3.63, 3.8) is 0 Å². The van der Waals surface area contributed by atoms with Gasteiger partial charge in [-0.05, 0) is 31.7 Å². The number of aryl methyl sites for hydroxylation is 4. The van der Waals surface area contributed by atoms with E-state index in [0.29, 0.717) is 11.3 Å². The maximum absolute atomic E-state index is 11.2. The van der Waals surface area contributed by atoms with Crippen molar-refractivity contribution in [2.24, 2.45) is 0 Å².